The predicted molar refractivity (Wildman–Crippen MR) is 77.0 cm³/mol. The van der Waals surface area contributed by atoms with Gasteiger partial charge in [0, 0.05) is 17.8 Å². The van der Waals surface area contributed by atoms with Gasteiger partial charge in [-0.05, 0) is 19.1 Å². The quantitative estimate of drug-likeness (QED) is 0.371. The van der Waals surface area contributed by atoms with E-state index in [4.69, 9.17) is 11.6 Å². The van der Waals surface area contributed by atoms with Crippen molar-refractivity contribution in [3.63, 3.8) is 0 Å². The lowest BCUT2D eigenvalue weighted by Gasteiger charge is -2.30. The average Bonchev–Trinajstić information content (AvgIpc) is 3.04. The molecule has 1 aliphatic carbocycles. The lowest BCUT2D eigenvalue weighted by molar-refractivity contribution is -0.109. The summed E-state index contributed by atoms with van der Waals surface area (Å²) in [5.41, 5.74) is 0.892. The Kier molecular flexibility index (Phi) is 3.67. The number of fused-ring (bicyclic) bond motifs is 1. The number of aldehydes is 1. The molecule has 6 heteroatoms. The number of nitrogens with zero attached hydrogens (tertiary/aromatic N) is 3. The molecule has 2 aliphatic rings. The molecule has 1 saturated carbocycles. The van der Waals surface area contributed by atoms with Crippen LogP contribution in [0.5, 0.6) is 0 Å². The highest BCUT2D eigenvalue weighted by atomic mass is 35.5. The van der Waals surface area contributed by atoms with Gasteiger partial charge in [0.05, 0.1) is 5.38 Å². The van der Waals surface area contributed by atoms with Crippen LogP contribution < -0.4 is 4.90 Å². The number of carbonyl (C=O) groups is 1. The zero-order valence-electron chi connectivity index (χ0n) is 10.8. The van der Waals surface area contributed by atoms with Gasteiger partial charge >= 0.3 is 0 Å². The second-order valence-corrected chi connectivity index (χ2v) is 6.25. The van der Waals surface area contributed by atoms with Crippen LogP contribution in [0, 0.1) is 0 Å². The van der Waals surface area contributed by atoms with E-state index >= 15 is 0 Å². The van der Waals surface area contributed by atoms with Crippen LogP contribution >= 0.6 is 23.4 Å². The summed E-state index contributed by atoms with van der Waals surface area (Å²) in [4.78, 5) is 22.4. The van der Waals surface area contributed by atoms with E-state index in [2.05, 4.69) is 14.9 Å². The summed E-state index contributed by atoms with van der Waals surface area (Å²) >= 11 is 7.93. The molecule has 0 aromatic carbocycles. The first-order valence-electron chi connectivity index (χ1n) is 6.55. The second-order valence-electron chi connectivity index (χ2n) is 5.01. The molecule has 4 nitrogen and oxygen atoms in total. The van der Waals surface area contributed by atoms with Crippen molar-refractivity contribution in [2.45, 2.75) is 48.3 Å². The Morgan fingerprint density at radius 2 is 2.21 bits per heavy atom. The van der Waals surface area contributed by atoms with Crippen molar-refractivity contribution in [2.24, 2.45) is 0 Å². The summed E-state index contributed by atoms with van der Waals surface area (Å²) in [5.74, 6) is 0.864. The molecule has 2 unspecified atom stereocenters. The smallest absolute Gasteiger partial charge is 0.189 e. The van der Waals surface area contributed by atoms with E-state index in [1.807, 2.05) is 6.26 Å². The fourth-order valence-corrected chi connectivity index (χ4v) is 3.74. The van der Waals surface area contributed by atoms with Crippen LogP contribution in [-0.2, 0) is 4.79 Å². The summed E-state index contributed by atoms with van der Waals surface area (Å²) in [6.45, 7) is 0. The molecule has 102 valence electrons. The number of alkyl halides is 1. The molecule has 1 aromatic rings. The van der Waals surface area contributed by atoms with Crippen molar-refractivity contribution in [3.8, 4) is 0 Å². The number of hydrogen-bond donors (Lipinski definition) is 0. The molecule has 0 radical (unpaired) electrons. The molecule has 19 heavy (non-hydrogen) atoms. The van der Waals surface area contributed by atoms with E-state index in [9.17, 15) is 4.79 Å². The van der Waals surface area contributed by atoms with Gasteiger partial charge in [-0.25, -0.2) is 9.97 Å². The number of thioether (sulfide) groups is 1. The van der Waals surface area contributed by atoms with Gasteiger partial charge in [-0.2, -0.15) is 0 Å². The Morgan fingerprint density at radius 3 is 2.84 bits per heavy atom. The van der Waals surface area contributed by atoms with Crippen LogP contribution in [0.15, 0.2) is 11.4 Å². The van der Waals surface area contributed by atoms with Gasteiger partial charge in [0.2, 0.25) is 0 Å². The molecular weight excluding hydrogens is 282 g/mol. The minimum Gasteiger partial charge on any atom is -0.342 e. The standard InChI is InChI=1S/C13H16ClN3OS/c1-19-13-15-6-9-11(14)10(7-18)17(12(9)16-13)8-4-2-3-5-8/h6-8,10-11H,2-5H2,1H3. The van der Waals surface area contributed by atoms with Gasteiger partial charge < -0.3 is 9.69 Å². The number of aromatic nitrogens is 2. The largest absolute Gasteiger partial charge is 0.342 e. The van der Waals surface area contributed by atoms with E-state index in [-0.39, 0.29) is 11.4 Å². The van der Waals surface area contributed by atoms with Crippen molar-refractivity contribution < 1.29 is 4.79 Å². The van der Waals surface area contributed by atoms with Crippen LogP contribution in [0.3, 0.4) is 0 Å². The Labute approximate surface area is 121 Å². The van der Waals surface area contributed by atoms with Crippen LogP contribution in [0.4, 0.5) is 5.82 Å². The molecule has 0 bridgehead atoms. The number of halogens is 1. The van der Waals surface area contributed by atoms with E-state index in [0.717, 1.165) is 35.7 Å². The van der Waals surface area contributed by atoms with Crippen molar-refractivity contribution in [3.05, 3.63) is 11.8 Å². The number of rotatable bonds is 3. The second kappa shape index (κ2) is 5.29. The predicted octanol–water partition coefficient (Wildman–Crippen LogP) is 2.81. The van der Waals surface area contributed by atoms with Gasteiger partial charge in [0.15, 0.2) is 5.16 Å². The Balaban J connectivity index is 2.04. The van der Waals surface area contributed by atoms with Crippen molar-refractivity contribution >= 4 is 35.5 Å². The fraction of sp³-hybridized carbons (Fsp3) is 0.615. The Hall–Kier alpha value is -0.810. The lowest BCUT2D eigenvalue weighted by Crippen LogP contribution is -2.41. The van der Waals surface area contributed by atoms with E-state index in [1.165, 1.54) is 24.6 Å². The van der Waals surface area contributed by atoms with Gasteiger partial charge in [0.1, 0.15) is 18.1 Å². The summed E-state index contributed by atoms with van der Waals surface area (Å²) < 4.78 is 0. The molecule has 1 fully saturated rings. The molecule has 0 amide bonds. The molecule has 0 saturated heterocycles. The monoisotopic (exact) mass is 297 g/mol. The molecule has 0 N–H and O–H groups in total. The first-order valence-corrected chi connectivity index (χ1v) is 8.21. The SMILES string of the molecule is CSc1ncc2c(n1)N(C1CCCC1)C(C=O)C2Cl. The highest BCUT2D eigenvalue weighted by Crippen LogP contribution is 2.45. The molecular formula is C13H16ClN3OS. The van der Waals surface area contributed by atoms with Gasteiger partial charge in [-0.15, -0.1) is 11.6 Å². The first-order chi connectivity index (χ1) is 9.26. The topological polar surface area (TPSA) is 46.1 Å². The van der Waals surface area contributed by atoms with Crippen molar-refractivity contribution in [1.29, 1.82) is 0 Å². The summed E-state index contributed by atoms with van der Waals surface area (Å²) in [7, 11) is 0. The van der Waals surface area contributed by atoms with Crippen LogP contribution in [0.1, 0.15) is 36.6 Å². The maximum Gasteiger partial charge on any atom is 0.189 e. The van der Waals surface area contributed by atoms with Gasteiger partial charge in [-0.3, -0.25) is 0 Å². The number of anilines is 1. The van der Waals surface area contributed by atoms with Crippen LogP contribution in [0.25, 0.3) is 0 Å². The molecule has 2 atom stereocenters. The Bertz CT molecular complexity index is 493. The van der Waals surface area contributed by atoms with Crippen LogP contribution in [-0.4, -0.2) is 34.6 Å². The molecule has 0 spiro atoms. The van der Waals surface area contributed by atoms with Gasteiger partial charge in [-0.1, -0.05) is 24.6 Å². The molecule has 2 heterocycles. The maximum atomic E-state index is 11.4. The molecule has 3 rings (SSSR count). The summed E-state index contributed by atoms with van der Waals surface area (Å²) in [5, 5.41) is 0.404. The third-order valence-electron chi connectivity index (χ3n) is 3.98. The number of carbonyl (C=O) groups excluding carboxylic acids is 1. The highest BCUT2D eigenvalue weighted by Gasteiger charge is 2.43. The zero-order valence-corrected chi connectivity index (χ0v) is 12.3. The minimum atomic E-state index is -0.330. The number of hydrogen-bond acceptors (Lipinski definition) is 5. The lowest BCUT2D eigenvalue weighted by atomic mass is 10.1. The van der Waals surface area contributed by atoms with E-state index in [0.29, 0.717) is 6.04 Å². The van der Waals surface area contributed by atoms with Crippen LogP contribution in [0.2, 0.25) is 0 Å². The Morgan fingerprint density at radius 1 is 1.47 bits per heavy atom. The third-order valence-corrected chi connectivity index (χ3v) is 5.03. The van der Waals surface area contributed by atoms with Crippen molar-refractivity contribution in [1.82, 2.24) is 9.97 Å². The minimum absolute atomic E-state index is 0.300. The van der Waals surface area contributed by atoms with Gasteiger partial charge in [0.25, 0.3) is 0 Å². The third kappa shape index (κ3) is 2.13. The van der Waals surface area contributed by atoms with E-state index in [1.54, 1.807) is 6.20 Å². The van der Waals surface area contributed by atoms with E-state index < -0.39 is 0 Å². The fourth-order valence-electron chi connectivity index (χ4n) is 3.07. The highest BCUT2D eigenvalue weighted by molar-refractivity contribution is 7.98. The van der Waals surface area contributed by atoms with Crippen molar-refractivity contribution in [2.75, 3.05) is 11.2 Å². The molecule has 1 aliphatic heterocycles. The molecule has 1 aromatic heterocycles. The maximum absolute atomic E-state index is 11.4. The zero-order chi connectivity index (χ0) is 13.4. The first kappa shape index (κ1) is 13.2. The normalized spacial score (nSPS) is 26.7. The summed E-state index contributed by atoms with van der Waals surface area (Å²) in [6, 6.07) is 0.0912. The average molecular weight is 298 g/mol. The summed E-state index contributed by atoms with van der Waals surface area (Å²) in [6.07, 6.45) is 9.35.